The molecule has 1 spiro atoms. The summed E-state index contributed by atoms with van der Waals surface area (Å²) < 4.78 is 78.2. The van der Waals surface area contributed by atoms with Gasteiger partial charge in [-0.05, 0) is 112 Å². The van der Waals surface area contributed by atoms with Crippen LogP contribution < -0.4 is 16.0 Å². The molecular weight excluding hydrogens is 1360 g/mol. The van der Waals surface area contributed by atoms with Crippen LogP contribution in [-0.4, -0.2) is 284 Å². The van der Waals surface area contributed by atoms with Crippen molar-refractivity contribution in [2.24, 2.45) is 40.9 Å². The number of fused-ring (bicyclic) bond motifs is 3. The highest BCUT2D eigenvalue weighted by Gasteiger charge is 2.59. The smallest absolute Gasteiger partial charge is 0.382 e. The molecule has 12 amide bonds. The molecule has 5 fully saturated rings. The summed E-state index contributed by atoms with van der Waals surface area (Å²) in [6, 6.07) is -10.8. The molecule has 2 unspecified atom stereocenters. The maximum absolute atomic E-state index is 15.7. The Hall–Kier alpha value is -7.01. The molecule has 11 atom stereocenters. The summed E-state index contributed by atoms with van der Waals surface area (Å²) in [6.45, 7) is 11.4. The van der Waals surface area contributed by atoms with Gasteiger partial charge in [0, 0.05) is 76.6 Å². The van der Waals surface area contributed by atoms with Gasteiger partial charge < -0.3 is 64.8 Å². The molecule has 0 aromatic rings. The minimum absolute atomic E-state index is 0.00849. The monoisotopic (exact) mass is 1480 g/mol. The lowest BCUT2D eigenvalue weighted by atomic mass is 9.58. The van der Waals surface area contributed by atoms with Gasteiger partial charge in [-0.1, -0.05) is 106 Å². The van der Waals surface area contributed by atoms with Gasteiger partial charge in [0.15, 0.2) is 0 Å². The number of amides is 12. The lowest BCUT2D eigenvalue weighted by Crippen LogP contribution is -2.72. The minimum atomic E-state index is -5.17. The molecule has 3 aliphatic carbocycles. The number of hydrogen-bond acceptors (Lipinski definition) is 13. The number of ether oxygens (including phenoxy) is 1. The third-order valence-electron chi connectivity index (χ3n) is 23.2. The molecule has 6 aliphatic rings. The summed E-state index contributed by atoms with van der Waals surface area (Å²) in [4.78, 5) is 191. The zero-order chi connectivity index (χ0) is 77.8. The van der Waals surface area contributed by atoms with Gasteiger partial charge >= 0.3 is 6.18 Å². The molecule has 3 N–H and O–H groups in total. The van der Waals surface area contributed by atoms with Crippen LogP contribution in [0.25, 0.3) is 0 Å². The zero-order valence-corrected chi connectivity index (χ0v) is 64.3. The first-order chi connectivity index (χ1) is 48.7. The van der Waals surface area contributed by atoms with E-state index >= 15 is 37.5 Å². The lowest BCUT2D eigenvalue weighted by molar-refractivity contribution is -0.219. The van der Waals surface area contributed by atoms with Gasteiger partial charge in [0.1, 0.15) is 72.1 Å². The lowest BCUT2D eigenvalue weighted by Gasteiger charge is -2.54. The third-order valence-corrected chi connectivity index (χ3v) is 23.2. The van der Waals surface area contributed by atoms with Crippen LogP contribution in [0.15, 0.2) is 12.2 Å². The molecule has 2 saturated heterocycles. The molecular formula is C74H119F5N12O13. The highest BCUT2D eigenvalue weighted by atomic mass is 19.4. The van der Waals surface area contributed by atoms with Crippen molar-refractivity contribution in [1.82, 2.24) is 60.0 Å². The second-order valence-electron chi connectivity index (χ2n) is 31.8. The van der Waals surface area contributed by atoms with Gasteiger partial charge in [0.2, 0.25) is 70.9 Å². The van der Waals surface area contributed by atoms with Crippen molar-refractivity contribution in [3.63, 3.8) is 0 Å². The SMILES string of the molecule is CCC(CC)[C@H]1C(=O)N(C)[C@H](C(=O)N(C)C)CC(=O)N(C)[C@@H](COC)C(=O)N[C@@H]([C@@H](C)CC)C(=O)N(C)CC(=O)N(C)[C@H]2C/C=C\CCN(C2=O)[C@@H](CC2CCC(C)CC2)C(=O)N(C)CC(=O)N[C@@H](CCC2CC(F)C(C(F)(F)F)C(F)C2)C(=O)N2CCCC[C@H]2C(=O)NC2(CC(C)(C)C2)C(=O)N1C. The van der Waals surface area contributed by atoms with Crippen LogP contribution >= 0.6 is 0 Å². The third kappa shape index (κ3) is 20.8. The van der Waals surface area contributed by atoms with E-state index in [0.717, 1.165) is 45.3 Å². The second-order valence-corrected chi connectivity index (χ2v) is 31.8. The van der Waals surface area contributed by atoms with Gasteiger partial charge in [-0.15, -0.1) is 0 Å². The Morgan fingerprint density at radius 3 is 1.85 bits per heavy atom. The van der Waals surface area contributed by atoms with Gasteiger partial charge in [-0.3, -0.25) is 57.5 Å². The van der Waals surface area contributed by atoms with Crippen molar-refractivity contribution in [2.45, 2.75) is 249 Å². The van der Waals surface area contributed by atoms with E-state index in [4.69, 9.17) is 4.74 Å². The standard InChI is InChI=1S/C74H119F5N12O13/c1-17-45(5)61-69(101)85(11)40-59(94)86(12)53-26-21-20-23-33-91(68(53)100)55(37-46-29-27-44(4)28-30-46)67(99)84(10)39-57(92)80-51(32-31-47-35-49(75)60(50(76)36-47)74(77,78)79)65(97)90-34-24-22-25-52(90)64(96)82-73(42-72(6,7)43-73)71(103)89(15)62(48(18-2)19-3)70(102)88(14)54(66(98)83(8)9)38-58(93)87(13)56(41-104-16)63(95)81-61/h20-21,44-56,60-62H,17-19,22-43H2,1-16H3,(H,80,92)(H,81,95)(H,82,96)/b21-20-/t44?,45-,46?,47?,49?,50?,51-,52-,53-,54-,55-,56-,60?,61-,62-/m0/s1. The number of methoxy groups -OCH3 is 1. The van der Waals surface area contributed by atoms with Crippen molar-refractivity contribution in [2.75, 3.05) is 96.3 Å². The number of nitrogens with zero attached hydrogens (tertiary/aromatic N) is 9. The number of hydrogen-bond donors (Lipinski definition) is 3. The van der Waals surface area contributed by atoms with Crippen LogP contribution in [-0.2, 0) is 62.3 Å². The normalized spacial score (nSPS) is 31.5. The molecule has 0 aromatic carbocycles. The average molecular weight is 1480 g/mol. The Balaban J connectivity index is 1.47. The summed E-state index contributed by atoms with van der Waals surface area (Å²) in [5.74, 6) is -13.4. The summed E-state index contributed by atoms with van der Waals surface area (Å²) in [5, 5.41) is 8.55. The summed E-state index contributed by atoms with van der Waals surface area (Å²) in [5.41, 5.74) is -2.25. The molecule has 25 nitrogen and oxygen atoms in total. The minimum Gasteiger partial charge on any atom is -0.382 e. The van der Waals surface area contributed by atoms with Crippen molar-refractivity contribution in [3.05, 3.63) is 12.2 Å². The maximum Gasteiger partial charge on any atom is 0.397 e. The quantitative estimate of drug-likeness (QED) is 0.148. The maximum atomic E-state index is 15.7. The summed E-state index contributed by atoms with van der Waals surface area (Å²) >= 11 is 0. The van der Waals surface area contributed by atoms with Crippen molar-refractivity contribution in [1.29, 1.82) is 0 Å². The molecule has 2 bridgehead atoms. The number of likely N-dealkylation sites (N-methyl/N-ethyl adjacent to an activating group) is 7. The van der Waals surface area contributed by atoms with E-state index in [0.29, 0.717) is 44.4 Å². The van der Waals surface area contributed by atoms with Crippen molar-refractivity contribution < 1.29 is 84.2 Å². The van der Waals surface area contributed by atoms with E-state index in [1.807, 2.05) is 33.8 Å². The number of rotatable bonds is 13. The molecule has 3 aliphatic heterocycles. The van der Waals surface area contributed by atoms with Gasteiger partial charge in [-0.25, -0.2) is 8.78 Å². The fourth-order valence-corrected chi connectivity index (χ4v) is 16.7. The fraction of sp³-hybridized carbons (Fsp3) is 0.811. The zero-order valence-electron chi connectivity index (χ0n) is 64.3. The van der Waals surface area contributed by atoms with Gasteiger partial charge in [0.05, 0.1) is 26.1 Å². The van der Waals surface area contributed by atoms with E-state index in [1.54, 1.807) is 19.9 Å². The highest BCUT2D eigenvalue weighted by Crippen LogP contribution is 2.50. The number of halogens is 5. The molecule has 6 rings (SSSR count). The number of carbonyl (C=O) groups is 12. The predicted octanol–water partition coefficient (Wildman–Crippen LogP) is 5.67. The van der Waals surface area contributed by atoms with E-state index in [2.05, 4.69) is 22.9 Å². The predicted molar refractivity (Wildman–Crippen MR) is 378 cm³/mol. The van der Waals surface area contributed by atoms with Crippen LogP contribution in [0.1, 0.15) is 177 Å². The van der Waals surface area contributed by atoms with E-state index in [9.17, 15) is 41.9 Å². The second kappa shape index (κ2) is 37.0. The largest absolute Gasteiger partial charge is 0.397 e. The number of nitrogens with one attached hydrogen (secondary N) is 3. The number of alkyl halides is 5. The average Bonchev–Trinajstić information content (AvgIpc) is 0.731. The van der Waals surface area contributed by atoms with E-state index in [1.165, 1.54) is 88.0 Å². The number of piperidine rings is 1. The van der Waals surface area contributed by atoms with E-state index < -0.39 is 211 Å². The van der Waals surface area contributed by atoms with Gasteiger partial charge in [0.25, 0.3) is 0 Å². The first-order valence-corrected chi connectivity index (χ1v) is 37.5. The fourth-order valence-electron chi connectivity index (χ4n) is 16.7. The van der Waals surface area contributed by atoms with E-state index in [-0.39, 0.29) is 64.0 Å². The van der Waals surface area contributed by atoms with Crippen molar-refractivity contribution in [3.8, 4) is 0 Å². The number of carbonyl (C=O) groups excluding carboxylic acids is 12. The molecule has 0 radical (unpaired) electrons. The molecule has 588 valence electrons. The summed E-state index contributed by atoms with van der Waals surface area (Å²) in [6.07, 6.45) is -3.81. The Bertz CT molecular complexity index is 3070. The van der Waals surface area contributed by atoms with Crippen LogP contribution in [0.5, 0.6) is 0 Å². The van der Waals surface area contributed by atoms with Crippen LogP contribution in [0, 0.1) is 40.9 Å². The Labute approximate surface area is 611 Å². The van der Waals surface area contributed by atoms with Crippen molar-refractivity contribution >= 4 is 70.9 Å². The topological polar surface area (TPSA) is 279 Å². The first kappa shape index (κ1) is 85.9. The van der Waals surface area contributed by atoms with Crippen LogP contribution in [0.3, 0.4) is 0 Å². The molecule has 3 heterocycles. The van der Waals surface area contributed by atoms with Gasteiger partial charge in [-0.2, -0.15) is 13.2 Å². The Morgan fingerprint density at radius 2 is 1.28 bits per heavy atom. The summed E-state index contributed by atoms with van der Waals surface area (Å²) in [7, 11) is 12.4. The highest BCUT2D eigenvalue weighted by molar-refractivity contribution is 6.01. The van der Waals surface area contributed by atoms with Crippen LogP contribution in [0.4, 0.5) is 22.0 Å². The first-order valence-electron chi connectivity index (χ1n) is 37.5. The van der Waals surface area contributed by atoms with Crippen LogP contribution in [0.2, 0.25) is 0 Å². The Morgan fingerprint density at radius 1 is 0.663 bits per heavy atom. The molecule has 104 heavy (non-hydrogen) atoms. The molecule has 3 saturated carbocycles. The Kier molecular flexibility index (Phi) is 30.6. The molecule has 0 aromatic heterocycles. The molecule has 30 heteroatoms.